The van der Waals surface area contributed by atoms with Gasteiger partial charge in [-0.2, -0.15) is 0 Å². The van der Waals surface area contributed by atoms with Crippen molar-refractivity contribution in [2.45, 2.75) is 44.4 Å². The summed E-state index contributed by atoms with van der Waals surface area (Å²) in [5.74, 6) is 1.53. The van der Waals surface area contributed by atoms with E-state index in [0.717, 1.165) is 12.4 Å². The summed E-state index contributed by atoms with van der Waals surface area (Å²) in [6.45, 7) is 3.05. The molecule has 1 aromatic carbocycles. The zero-order chi connectivity index (χ0) is 13.2. The van der Waals surface area contributed by atoms with Gasteiger partial charge in [0.25, 0.3) is 0 Å². The number of ether oxygens (including phenoxy) is 2. The number of hydrogen-bond donors (Lipinski definition) is 1. The fraction of sp³-hybridized carbons (Fsp3) is 0.625. The van der Waals surface area contributed by atoms with Crippen molar-refractivity contribution in [3.8, 4) is 5.75 Å². The largest absolute Gasteiger partial charge is 0.493 e. The van der Waals surface area contributed by atoms with Crippen molar-refractivity contribution < 1.29 is 9.47 Å². The van der Waals surface area contributed by atoms with Gasteiger partial charge in [0, 0.05) is 30.7 Å². The highest BCUT2D eigenvalue weighted by atomic mass is 16.5. The van der Waals surface area contributed by atoms with Crippen LogP contribution >= 0.6 is 0 Å². The smallest absolute Gasteiger partial charge is 0.124 e. The maximum absolute atomic E-state index is 5.81. The van der Waals surface area contributed by atoms with Crippen LogP contribution in [0.1, 0.15) is 37.8 Å². The van der Waals surface area contributed by atoms with E-state index in [1.54, 1.807) is 0 Å². The number of nitrogens with one attached hydrogen (secondary N) is 1. The maximum Gasteiger partial charge on any atom is 0.124 e. The molecular weight excluding hydrogens is 238 g/mol. The van der Waals surface area contributed by atoms with Gasteiger partial charge in [-0.15, -0.1) is 0 Å². The van der Waals surface area contributed by atoms with E-state index in [1.807, 2.05) is 13.2 Å². The summed E-state index contributed by atoms with van der Waals surface area (Å²) in [7, 11) is 1.83. The Hall–Kier alpha value is -1.06. The highest BCUT2D eigenvalue weighted by Gasteiger charge is 2.34. The highest BCUT2D eigenvalue weighted by Crippen LogP contribution is 2.36. The van der Waals surface area contributed by atoms with Crippen LogP contribution in [-0.2, 0) is 4.74 Å². The minimum absolute atomic E-state index is 0.363. The summed E-state index contributed by atoms with van der Waals surface area (Å²) in [6.07, 6.45) is 4.01. The second kappa shape index (κ2) is 5.51. The Balaban J connectivity index is 1.80. The zero-order valence-corrected chi connectivity index (χ0v) is 11.8. The molecule has 1 heterocycles. The number of methoxy groups -OCH3 is 1. The van der Waals surface area contributed by atoms with E-state index >= 15 is 0 Å². The molecule has 0 spiro atoms. The number of rotatable bonds is 3. The summed E-state index contributed by atoms with van der Waals surface area (Å²) in [6, 6.07) is 9.24. The van der Waals surface area contributed by atoms with Crippen LogP contribution in [0.3, 0.4) is 0 Å². The third-order valence-electron chi connectivity index (χ3n) is 4.47. The lowest BCUT2D eigenvalue weighted by Crippen LogP contribution is -2.43. The van der Waals surface area contributed by atoms with Gasteiger partial charge in [0.2, 0.25) is 0 Å². The number of fused-ring (bicyclic) bond motifs is 1. The Morgan fingerprint density at radius 1 is 1.26 bits per heavy atom. The molecule has 3 rings (SSSR count). The third-order valence-corrected chi connectivity index (χ3v) is 4.47. The van der Waals surface area contributed by atoms with Crippen LogP contribution in [0.4, 0.5) is 0 Å². The van der Waals surface area contributed by atoms with E-state index in [1.165, 1.54) is 24.8 Å². The van der Waals surface area contributed by atoms with E-state index in [-0.39, 0.29) is 0 Å². The van der Waals surface area contributed by atoms with Crippen molar-refractivity contribution in [1.29, 1.82) is 0 Å². The van der Waals surface area contributed by atoms with E-state index in [2.05, 4.69) is 30.4 Å². The molecule has 19 heavy (non-hydrogen) atoms. The molecule has 0 bridgehead atoms. The van der Waals surface area contributed by atoms with Gasteiger partial charge in [-0.25, -0.2) is 0 Å². The Kier molecular flexibility index (Phi) is 3.76. The molecule has 0 radical (unpaired) electrons. The first kappa shape index (κ1) is 12.9. The Morgan fingerprint density at radius 2 is 2.11 bits per heavy atom. The lowest BCUT2D eigenvalue weighted by Gasteiger charge is -2.35. The van der Waals surface area contributed by atoms with E-state index in [9.17, 15) is 0 Å². The van der Waals surface area contributed by atoms with Crippen molar-refractivity contribution >= 4 is 0 Å². The molecule has 1 aromatic rings. The molecule has 0 aromatic heterocycles. The van der Waals surface area contributed by atoms with Gasteiger partial charge in [-0.3, -0.25) is 0 Å². The van der Waals surface area contributed by atoms with Crippen LogP contribution < -0.4 is 10.1 Å². The summed E-state index contributed by atoms with van der Waals surface area (Å²) in [5.41, 5.74) is 1.29. The van der Waals surface area contributed by atoms with Crippen molar-refractivity contribution in [1.82, 2.24) is 5.32 Å². The van der Waals surface area contributed by atoms with Gasteiger partial charge in [-0.1, -0.05) is 25.1 Å². The van der Waals surface area contributed by atoms with Crippen molar-refractivity contribution in [3.05, 3.63) is 29.8 Å². The van der Waals surface area contributed by atoms with Gasteiger partial charge in [0.05, 0.1) is 12.7 Å². The van der Waals surface area contributed by atoms with Gasteiger partial charge in [-0.05, 0) is 25.3 Å². The molecule has 1 saturated carbocycles. The predicted molar refractivity (Wildman–Crippen MR) is 75.4 cm³/mol. The van der Waals surface area contributed by atoms with Crippen LogP contribution in [0.5, 0.6) is 5.75 Å². The van der Waals surface area contributed by atoms with Crippen molar-refractivity contribution in [2.75, 3.05) is 13.7 Å². The summed E-state index contributed by atoms with van der Waals surface area (Å²) in [4.78, 5) is 0. The molecule has 0 amide bonds. The van der Waals surface area contributed by atoms with Gasteiger partial charge in [0.1, 0.15) is 5.75 Å². The van der Waals surface area contributed by atoms with E-state index < -0.39 is 0 Å². The molecule has 1 aliphatic heterocycles. The van der Waals surface area contributed by atoms with Crippen LogP contribution in [-0.4, -0.2) is 25.9 Å². The minimum Gasteiger partial charge on any atom is -0.493 e. The molecule has 3 nitrogen and oxygen atoms in total. The average molecular weight is 261 g/mol. The first-order valence-electron chi connectivity index (χ1n) is 7.30. The molecule has 1 N–H and O–H groups in total. The summed E-state index contributed by atoms with van der Waals surface area (Å²) < 4.78 is 11.4. The molecular formula is C16H23NO2. The first-order valence-corrected chi connectivity index (χ1v) is 7.30. The lowest BCUT2D eigenvalue weighted by molar-refractivity contribution is 0.0728. The average Bonchev–Trinajstić information content (AvgIpc) is 2.89. The van der Waals surface area contributed by atoms with Crippen LogP contribution in [0.25, 0.3) is 0 Å². The van der Waals surface area contributed by atoms with Crippen molar-refractivity contribution in [3.63, 3.8) is 0 Å². The lowest BCUT2D eigenvalue weighted by atomic mass is 9.91. The predicted octanol–water partition coefficient (Wildman–Crippen LogP) is 2.91. The fourth-order valence-corrected chi connectivity index (χ4v) is 3.38. The molecule has 1 aliphatic carbocycles. The van der Waals surface area contributed by atoms with Gasteiger partial charge >= 0.3 is 0 Å². The molecule has 1 fully saturated rings. The number of benzene rings is 1. The minimum atomic E-state index is 0.363. The van der Waals surface area contributed by atoms with Crippen LogP contribution in [0.15, 0.2) is 24.3 Å². The second-order valence-electron chi connectivity index (χ2n) is 5.78. The monoisotopic (exact) mass is 261 g/mol. The normalized spacial score (nSPS) is 33.8. The molecule has 0 saturated heterocycles. The SMILES string of the molecule is COC1CCCC1NC1c2ccccc2OCC1C. The highest BCUT2D eigenvalue weighted by molar-refractivity contribution is 5.38. The molecule has 4 unspecified atom stereocenters. The topological polar surface area (TPSA) is 30.5 Å². The van der Waals surface area contributed by atoms with E-state index in [4.69, 9.17) is 9.47 Å². The fourth-order valence-electron chi connectivity index (χ4n) is 3.38. The molecule has 104 valence electrons. The maximum atomic E-state index is 5.81. The summed E-state index contributed by atoms with van der Waals surface area (Å²) in [5, 5.41) is 3.82. The second-order valence-corrected chi connectivity index (χ2v) is 5.78. The Labute approximate surface area is 115 Å². The molecule has 2 aliphatic rings. The summed E-state index contributed by atoms with van der Waals surface area (Å²) >= 11 is 0. The molecule has 4 atom stereocenters. The Bertz CT molecular complexity index is 435. The quantitative estimate of drug-likeness (QED) is 0.907. The standard InChI is InChI=1S/C16H23NO2/c1-11-10-19-14-8-4-3-6-12(14)16(11)17-13-7-5-9-15(13)18-2/h3-4,6,8,11,13,15-17H,5,7,9-10H2,1-2H3. The molecule has 3 heteroatoms. The van der Waals surface area contributed by atoms with Crippen LogP contribution in [0, 0.1) is 5.92 Å². The van der Waals surface area contributed by atoms with Crippen LogP contribution in [0.2, 0.25) is 0 Å². The van der Waals surface area contributed by atoms with Gasteiger partial charge < -0.3 is 14.8 Å². The van der Waals surface area contributed by atoms with Gasteiger partial charge in [0.15, 0.2) is 0 Å². The number of para-hydroxylation sites is 1. The first-order chi connectivity index (χ1) is 9.29. The van der Waals surface area contributed by atoms with E-state index in [0.29, 0.717) is 24.1 Å². The van der Waals surface area contributed by atoms with Crippen molar-refractivity contribution in [2.24, 2.45) is 5.92 Å². The Morgan fingerprint density at radius 3 is 2.95 bits per heavy atom. The zero-order valence-electron chi connectivity index (χ0n) is 11.8. The number of hydrogen-bond acceptors (Lipinski definition) is 3. The third kappa shape index (κ3) is 2.49.